The molecule has 1 N–H and O–H groups in total. The molecule has 0 bridgehead atoms. The number of nitrogens with zero attached hydrogens (tertiary/aromatic N) is 2. The number of halogens is 3. The van der Waals surface area contributed by atoms with E-state index in [1.54, 1.807) is 0 Å². The number of alkyl halides is 3. The van der Waals surface area contributed by atoms with Crippen molar-refractivity contribution in [2.24, 2.45) is 0 Å². The number of ether oxygens (including phenoxy) is 1. The molecule has 138 valence electrons. The summed E-state index contributed by atoms with van der Waals surface area (Å²) in [6, 6.07) is 2.56. The average molecular weight is 362 g/mol. The standard InChI is InChI=1S/C15H17F3N2O5/c1-19(24-2)13(21)11-7-9(15(16,17)18)3-4-12(11)25-10-5-6-20(8-10)14(22)23/h3-4,7,10H,5-6,8H2,1-2H3,(H,22,23). The van der Waals surface area contributed by atoms with Gasteiger partial charge in [-0.05, 0) is 18.2 Å². The molecule has 0 saturated carbocycles. The van der Waals surface area contributed by atoms with Crippen LogP contribution < -0.4 is 4.74 Å². The van der Waals surface area contributed by atoms with Gasteiger partial charge in [0, 0.05) is 20.0 Å². The summed E-state index contributed by atoms with van der Waals surface area (Å²) >= 11 is 0. The van der Waals surface area contributed by atoms with E-state index < -0.39 is 29.8 Å². The van der Waals surface area contributed by atoms with Gasteiger partial charge < -0.3 is 14.7 Å². The Balaban J connectivity index is 2.30. The topological polar surface area (TPSA) is 79.3 Å². The highest BCUT2D eigenvalue weighted by Gasteiger charge is 2.34. The van der Waals surface area contributed by atoms with Crippen LogP contribution in [0.15, 0.2) is 18.2 Å². The van der Waals surface area contributed by atoms with Gasteiger partial charge in [0.25, 0.3) is 5.91 Å². The molecule has 7 nitrogen and oxygen atoms in total. The van der Waals surface area contributed by atoms with Crippen LogP contribution in [0.1, 0.15) is 22.3 Å². The molecule has 2 amide bonds. The van der Waals surface area contributed by atoms with Crippen molar-refractivity contribution in [1.82, 2.24) is 9.96 Å². The minimum Gasteiger partial charge on any atom is -0.488 e. The lowest BCUT2D eigenvalue weighted by molar-refractivity contribution is -0.137. The molecule has 1 aliphatic heterocycles. The molecule has 2 rings (SSSR count). The van der Waals surface area contributed by atoms with E-state index in [1.165, 1.54) is 14.2 Å². The third-order valence-electron chi connectivity index (χ3n) is 3.81. The molecule has 1 aromatic rings. The summed E-state index contributed by atoms with van der Waals surface area (Å²) in [6.07, 6.45) is -5.89. The summed E-state index contributed by atoms with van der Waals surface area (Å²) in [4.78, 5) is 29.1. The van der Waals surface area contributed by atoms with Gasteiger partial charge in [-0.1, -0.05) is 0 Å². The molecule has 1 unspecified atom stereocenters. The maximum atomic E-state index is 12.9. The molecule has 0 spiro atoms. The summed E-state index contributed by atoms with van der Waals surface area (Å²) in [7, 11) is 2.46. The number of hydroxylamine groups is 2. The van der Waals surface area contributed by atoms with Crippen molar-refractivity contribution < 1.29 is 37.4 Å². The fraction of sp³-hybridized carbons (Fsp3) is 0.467. The molecule has 25 heavy (non-hydrogen) atoms. The lowest BCUT2D eigenvalue weighted by Gasteiger charge is -2.20. The quantitative estimate of drug-likeness (QED) is 0.833. The van der Waals surface area contributed by atoms with Crippen LogP contribution in [0.4, 0.5) is 18.0 Å². The van der Waals surface area contributed by atoms with E-state index in [1.807, 2.05) is 0 Å². The molecule has 0 aliphatic carbocycles. The van der Waals surface area contributed by atoms with Crippen molar-refractivity contribution in [3.63, 3.8) is 0 Å². The number of likely N-dealkylation sites (tertiary alicyclic amines) is 1. The van der Waals surface area contributed by atoms with Crippen molar-refractivity contribution >= 4 is 12.0 Å². The predicted molar refractivity (Wildman–Crippen MR) is 79.2 cm³/mol. The Labute approximate surface area is 141 Å². The summed E-state index contributed by atoms with van der Waals surface area (Å²) in [5.74, 6) is -0.865. The van der Waals surface area contributed by atoms with Crippen molar-refractivity contribution in [2.45, 2.75) is 18.7 Å². The number of benzene rings is 1. The normalized spacial score (nSPS) is 17.5. The maximum absolute atomic E-state index is 12.9. The lowest BCUT2D eigenvalue weighted by atomic mass is 10.1. The van der Waals surface area contributed by atoms with Crippen molar-refractivity contribution in [3.05, 3.63) is 29.3 Å². The second-order valence-electron chi connectivity index (χ2n) is 5.45. The highest BCUT2D eigenvalue weighted by molar-refractivity contribution is 5.96. The molecule has 0 aromatic heterocycles. The Bertz CT molecular complexity index is 665. The second-order valence-corrected chi connectivity index (χ2v) is 5.45. The molecular weight excluding hydrogens is 345 g/mol. The van der Waals surface area contributed by atoms with Crippen LogP contribution in [-0.4, -0.2) is 60.4 Å². The number of hydrogen-bond acceptors (Lipinski definition) is 4. The highest BCUT2D eigenvalue weighted by Crippen LogP contribution is 2.34. The first-order valence-corrected chi connectivity index (χ1v) is 7.31. The number of hydrogen-bond donors (Lipinski definition) is 1. The van der Waals surface area contributed by atoms with Crippen LogP contribution in [0.3, 0.4) is 0 Å². The van der Waals surface area contributed by atoms with Gasteiger partial charge in [0.05, 0.1) is 24.8 Å². The Morgan fingerprint density at radius 2 is 2.04 bits per heavy atom. The van der Waals surface area contributed by atoms with Gasteiger partial charge >= 0.3 is 12.3 Å². The number of carbonyl (C=O) groups is 2. The van der Waals surface area contributed by atoms with E-state index in [0.29, 0.717) is 12.5 Å². The second kappa shape index (κ2) is 7.18. The van der Waals surface area contributed by atoms with Gasteiger partial charge in [-0.3, -0.25) is 9.63 Å². The first-order chi connectivity index (χ1) is 11.6. The van der Waals surface area contributed by atoms with Gasteiger partial charge in [-0.2, -0.15) is 13.2 Å². The average Bonchev–Trinajstić information content (AvgIpc) is 3.01. The van der Waals surface area contributed by atoms with Crippen LogP contribution in [0, 0.1) is 0 Å². The van der Waals surface area contributed by atoms with E-state index in [9.17, 15) is 22.8 Å². The SMILES string of the molecule is CON(C)C(=O)c1cc(C(F)(F)F)ccc1OC1CCN(C(=O)O)C1. The van der Waals surface area contributed by atoms with Gasteiger partial charge in [0.2, 0.25) is 0 Å². The van der Waals surface area contributed by atoms with E-state index in [2.05, 4.69) is 0 Å². The zero-order chi connectivity index (χ0) is 18.8. The molecule has 10 heteroatoms. The fourth-order valence-corrected chi connectivity index (χ4v) is 2.41. The molecule has 1 aromatic carbocycles. The van der Waals surface area contributed by atoms with E-state index in [4.69, 9.17) is 14.7 Å². The summed E-state index contributed by atoms with van der Waals surface area (Å²) in [5, 5.41) is 9.72. The molecule has 1 fully saturated rings. The van der Waals surface area contributed by atoms with E-state index in [-0.39, 0.29) is 24.4 Å². The third kappa shape index (κ3) is 4.32. The van der Waals surface area contributed by atoms with Crippen molar-refractivity contribution in [1.29, 1.82) is 0 Å². The smallest absolute Gasteiger partial charge is 0.416 e. The monoisotopic (exact) mass is 362 g/mol. The molecule has 1 saturated heterocycles. The van der Waals surface area contributed by atoms with E-state index in [0.717, 1.165) is 22.1 Å². The van der Waals surface area contributed by atoms with Gasteiger partial charge in [0.15, 0.2) is 0 Å². The van der Waals surface area contributed by atoms with Gasteiger partial charge in [-0.25, -0.2) is 9.86 Å². The Morgan fingerprint density at radius 1 is 1.36 bits per heavy atom. The first-order valence-electron chi connectivity index (χ1n) is 7.31. The first kappa shape index (κ1) is 18.8. The minimum absolute atomic E-state index is 0.0564. The summed E-state index contributed by atoms with van der Waals surface area (Å²) in [5.41, 5.74) is -1.31. The number of amides is 2. The highest BCUT2D eigenvalue weighted by atomic mass is 19.4. The Kier molecular flexibility index (Phi) is 5.41. The van der Waals surface area contributed by atoms with Gasteiger partial charge in [0.1, 0.15) is 11.9 Å². The summed E-state index contributed by atoms with van der Waals surface area (Å²) in [6.45, 7) is 0.325. The fourth-order valence-electron chi connectivity index (χ4n) is 2.41. The minimum atomic E-state index is -4.62. The third-order valence-corrected chi connectivity index (χ3v) is 3.81. The van der Waals surface area contributed by atoms with Crippen molar-refractivity contribution in [3.8, 4) is 5.75 Å². The van der Waals surface area contributed by atoms with Crippen LogP contribution >= 0.6 is 0 Å². The molecule has 1 aliphatic rings. The number of carbonyl (C=O) groups excluding carboxylic acids is 1. The van der Waals surface area contributed by atoms with Crippen LogP contribution in [0.5, 0.6) is 5.75 Å². The summed E-state index contributed by atoms with van der Waals surface area (Å²) < 4.78 is 44.4. The largest absolute Gasteiger partial charge is 0.488 e. The number of rotatable bonds is 4. The lowest BCUT2D eigenvalue weighted by Crippen LogP contribution is -2.30. The van der Waals surface area contributed by atoms with Crippen molar-refractivity contribution in [2.75, 3.05) is 27.2 Å². The zero-order valence-electron chi connectivity index (χ0n) is 13.5. The Hall–Kier alpha value is -2.49. The predicted octanol–water partition coefficient (Wildman–Crippen LogP) is 2.47. The van der Waals surface area contributed by atoms with Crippen LogP contribution in [0.2, 0.25) is 0 Å². The molecular formula is C15H17F3N2O5. The van der Waals surface area contributed by atoms with Gasteiger partial charge in [-0.15, -0.1) is 0 Å². The van der Waals surface area contributed by atoms with Crippen LogP contribution in [0.25, 0.3) is 0 Å². The molecule has 1 atom stereocenters. The maximum Gasteiger partial charge on any atom is 0.416 e. The molecule has 1 heterocycles. The Morgan fingerprint density at radius 3 is 2.56 bits per heavy atom. The van der Waals surface area contributed by atoms with Crippen LogP contribution in [-0.2, 0) is 11.0 Å². The van der Waals surface area contributed by atoms with E-state index >= 15 is 0 Å². The molecule has 0 radical (unpaired) electrons. The number of carboxylic acid groups (broad SMARTS) is 1. The zero-order valence-corrected chi connectivity index (χ0v) is 13.5.